The number of para-hydroxylation sites is 1. The van der Waals surface area contributed by atoms with Crippen LogP contribution in [0.25, 0.3) is 87.6 Å². The van der Waals surface area contributed by atoms with Gasteiger partial charge in [0.1, 0.15) is 11.3 Å². The normalized spacial score (nSPS) is 13.4. The van der Waals surface area contributed by atoms with E-state index < -0.39 is 0 Å². The molecule has 1 aliphatic rings. The molecule has 0 spiro atoms. The van der Waals surface area contributed by atoms with Crippen LogP contribution in [0.5, 0.6) is 0 Å². The summed E-state index contributed by atoms with van der Waals surface area (Å²) in [5, 5.41) is 14.0. The Hall–Kier alpha value is -5.66. The average molecular weight is 559 g/mol. The molecule has 0 atom stereocenters. The van der Waals surface area contributed by atoms with E-state index in [1.807, 2.05) is 0 Å². The van der Waals surface area contributed by atoms with Crippen LogP contribution in [-0.4, -0.2) is 0 Å². The van der Waals surface area contributed by atoms with Crippen molar-refractivity contribution >= 4 is 76.5 Å². The highest BCUT2D eigenvalue weighted by Gasteiger charge is 2.24. The van der Waals surface area contributed by atoms with E-state index in [9.17, 15) is 0 Å². The molecule has 1 aromatic heterocycles. The first-order valence-corrected chi connectivity index (χ1v) is 15.3. The number of fused-ring (bicyclic) bond motifs is 5. The lowest BCUT2D eigenvalue weighted by molar-refractivity contribution is 0.600. The maximum absolute atomic E-state index is 6.65. The second kappa shape index (κ2) is 8.92. The van der Waals surface area contributed by atoms with Gasteiger partial charge in [-0.15, -0.1) is 0 Å². The van der Waals surface area contributed by atoms with E-state index in [-0.39, 0.29) is 0 Å². The van der Waals surface area contributed by atoms with Gasteiger partial charge in [-0.05, 0) is 77.5 Å². The zero-order valence-corrected chi connectivity index (χ0v) is 24.0. The van der Waals surface area contributed by atoms with Crippen LogP contribution in [0.2, 0.25) is 0 Å². The Morgan fingerprint density at radius 3 is 1.77 bits per heavy atom. The predicted octanol–water partition coefficient (Wildman–Crippen LogP) is 12.2. The van der Waals surface area contributed by atoms with Crippen LogP contribution in [0.15, 0.2) is 144 Å². The second-order valence-electron chi connectivity index (χ2n) is 11.9. The van der Waals surface area contributed by atoms with Crippen molar-refractivity contribution in [1.82, 2.24) is 0 Å². The van der Waals surface area contributed by atoms with Crippen LogP contribution in [0, 0.1) is 0 Å². The Balaban J connectivity index is 1.34. The topological polar surface area (TPSA) is 13.1 Å². The van der Waals surface area contributed by atoms with Gasteiger partial charge in [0, 0.05) is 22.1 Å². The molecule has 1 heterocycles. The molecule has 10 rings (SSSR count). The molecule has 8 aromatic carbocycles. The lowest BCUT2D eigenvalue weighted by atomic mass is 9.82. The summed E-state index contributed by atoms with van der Waals surface area (Å²) in [5.74, 6) is 0.950. The molecule has 204 valence electrons. The van der Waals surface area contributed by atoms with Gasteiger partial charge in [0.25, 0.3) is 0 Å². The molecule has 1 aliphatic carbocycles. The Morgan fingerprint density at radius 1 is 0.455 bits per heavy atom. The van der Waals surface area contributed by atoms with Crippen LogP contribution in [0.3, 0.4) is 0 Å². The minimum atomic E-state index is 0.854. The SMILES string of the molecule is C1=Cc2c(oc3ccccc23)C(c2c3ccccc3c(-c3ccc4ccc5cccc6ccc3c4c56)c3ccccc23)=CC1. The lowest BCUT2D eigenvalue weighted by Gasteiger charge is -2.20. The fraction of sp³-hybridized carbons (Fsp3) is 0.0233. The molecule has 0 saturated carbocycles. The first-order chi connectivity index (χ1) is 21.8. The van der Waals surface area contributed by atoms with E-state index in [2.05, 4.69) is 146 Å². The van der Waals surface area contributed by atoms with Crippen LogP contribution < -0.4 is 0 Å². The summed E-state index contributed by atoms with van der Waals surface area (Å²) in [6, 6.07) is 46.7. The van der Waals surface area contributed by atoms with Gasteiger partial charge in [0.15, 0.2) is 0 Å². The molecule has 0 aliphatic heterocycles. The number of benzene rings is 8. The summed E-state index contributed by atoms with van der Waals surface area (Å²) in [6.45, 7) is 0. The standard InChI is InChI=1S/C43H26O/c1-3-15-32-30(13-1)41(35-25-23-28-21-20-26-10-9-11-27-22-24-34(35)40(28)39(26)27)31-14-2-4-16-33(31)42(32)37-18-6-5-17-36-29-12-7-8-19-38(29)44-43(36)37/h1-5,7-25H,6H2. The van der Waals surface area contributed by atoms with Crippen molar-refractivity contribution in [2.75, 3.05) is 0 Å². The van der Waals surface area contributed by atoms with Gasteiger partial charge in [-0.25, -0.2) is 0 Å². The molecule has 0 bridgehead atoms. The molecule has 0 saturated heterocycles. The van der Waals surface area contributed by atoms with Crippen molar-refractivity contribution in [2.24, 2.45) is 0 Å². The number of allylic oxidation sites excluding steroid dienone is 2. The molecule has 1 nitrogen and oxygen atoms in total. The van der Waals surface area contributed by atoms with Gasteiger partial charge in [-0.2, -0.15) is 0 Å². The molecule has 0 unspecified atom stereocenters. The van der Waals surface area contributed by atoms with E-state index in [1.165, 1.54) is 70.6 Å². The minimum Gasteiger partial charge on any atom is -0.455 e. The summed E-state index contributed by atoms with van der Waals surface area (Å²) < 4.78 is 6.65. The Labute approximate surface area is 254 Å². The molecule has 0 amide bonds. The average Bonchev–Trinajstić information content (AvgIpc) is 3.32. The van der Waals surface area contributed by atoms with Gasteiger partial charge < -0.3 is 4.42 Å². The summed E-state index contributed by atoms with van der Waals surface area (Å²) >= 11 is 0. The summed E-state index contributed by atoms with van der Waals surface area (Å²) in [7, 11) is 0. The van der Waals surface area contributed by atoms with Crippen molar-refractivity contribution in [3.8, 4) is 11.1 Å². The van der Waals surface area contributed by atoms with Gasteiger partial charge >= 0.3 is 0 Å². The number of hydrogen-bond acceptors (Lipinski definition) is 1. The molecule has 0 fully saturated rings. The molecular formula is C43H26O. The lowest BCUT2D eigenvalue weighted by Crippen LogP contribution is -1.96. The minimum absolute atomic E-state index is 0.854. The van der Waals surface area contributed by atoms with E-state index >= 15 is 0 Å². The van der Waals surface area contributed by atoms with Crippen molar-refractivity contribution in [3.05, 3.63) is 156 Å². The van der Waals surface area contributed by atoms with E-state index in [4.69, 9.17) is 4.42 Å². The van der Waals surface area contributed by atoms with Crippen molar-refractivity contribution in [3.63, 3.8) is 0 Å². The fourth-order valence-electron chi connectivity index (χ4n) is 7.77. The second-order valence-corrected chi connectivity index (χ2v) is 11.9. The molecule has 0 N–H and O–H groups in total. The third-order valence-corrected chi connectivity index (χ3v) is 9.62. The van der Waals surface area contributed by atoms with Crippen LogP contribution in [0.4, 0.5) is 0 Å². The first-order valence-electron chi connectivity index (χ1n) is 15.3. The summed E-state index contributed by atoms with van der Waals surface area (Å²) in [4.78, 5) is 0. The maximum Gasteiger partial charge on any atom is 0.142 e. The third-order valence-electron chi connectivity index (χ3n) is 9.62. The van der Waals surface area contributed by atoms with E-state index in [0.29, 0.717) is 0 Å². The zero-order valence-electron chi connectivity index (χ0n) is 24.0. The molecule has 1 heteroatoms. The molecule has 9 aromatic rings. The quantitative estimate of drug-likeness (QED) is 0.152. The zero-order chi connectivity index (χ0) is 28.8. The number of hydrogen-bond donors (Lipinski definition) is 0. The van der Waals surface area contributed by atoms with Crippen LogP contribution in [0.1, 0.15) is 23.3 Å². The molecule has 44 heavy (non-hydrogen) atoms. The van der Waals surface area contributed by atoms with E-state index in [1.54, 1.807) is 0 Å². The van der Waals surface area contributed by atoms with Crippen molar-refractivity contribution < 1.29 is 4.42 Å². The number of rotatable bonds is 2. The third kappa shape index (κ3) is 3.19. The summed E-state index contributed by atoms with van der Waals surface area (Å²) in [6.07, 6.45) is 7.67. The Kier molecular flexibility index (Phi) is 4.84. The van der Waals surface area contributed by atoms with Gasteiger partial charge in [0.2, 0.25) is 0 Å². The fourth-order valence-corrected chi connectivity index (χ4v) is 7.77. The van der Waals surface area contributed by atoms with Crippen molar-refractivity contribution in [2.45, 2.75) is 6.42 Å². The monoisotopic (exact) mass is 558 g/mol. The highest BCUT2D eigenvalue weighted by atomic mass is 16.3. The molecular weight excluding hydrogens is 532 g/mol. The Bertz CT molecular complexity index is 2610. The molecule has 0 radical (unpaired) electrons. The first kappa shape index (κ1) is 23.9. The van der Waals surface area contributed by atoms with Crippen LogP contribution in [-0.2, 0) is 0 Å². The predicted molar refractivity (Wildman–Crippen MR) is 188 cm³/mol. The van der Waals surface area contributed by atoms with Gasteiger partial charge in [-0.3, -0.25) is 0 Å². The van der Waals surface area contributed by atoms with E-state index in [0.717, 1.165) is 34.3 Å². The van der Waals surface area contributed by atoms with Gasteiger partial charge in [-0.1, -0.05) is 140 Å². The highest BCUT2D eigenvalue weighted by Crippen LogP contribution is 2.48. The summed E-state index contributed by atoms with van der Waals surface area (Å²) in [5.41, 5.74) is 7.05. The smallest absolute Gasteiger partial charge is 0.142 e. The maximum atomic E-state index is 6.65. The largest absolute Gasteiger partial charge is 0.455 e. The van der Waals surface area contributed by atoms with Gasteiger partial charge in [0.05, 0.1) is 0 Å². The highest BCUT2D eigenvalue weighted by molar-refractivity contribution is 6.29. The van der Waals surface area contributed by atoms with Crippen molar-refractivity contribution in [1.29, 1.82) is 0 Å². The van der Waals surface area contributed by atoms with Crippen LogP contribution >= 0.6 is 0 Å². The number of furan rings is 1. The Morgan fingerprint density at radius 2 is 1.05 bits per heavy atom.